The van der Waals surface area contributed by atoms with Gasteiger partial charge in [0.05, 0.1) is 6.20 Å². The van der Waals surface area contributed by atoms with Crippen LogP contribution in [0.3, 0.4) is 0 Å². The Hall–Kier alpha value is -3.15. The van der Waals surface area contributed by atoms with Gasteiger partial charge < -0.3 is 10.2 Å². The molecule has 0 saturated carbocycles. The molecule has 1 aromatic heterocycles. The van der Waals surface area contributed by atoms with Crippen molar-refractivity contribution in [2.24, 2.45) is 5.92 Å². The van der Waals surface area contributed by atoms with E-state index < -0.39 is 0 Å². The van der Waals surface area contributed by atoms with E-state index in [2.05, 4.69) is 15.5 Å². The van der Waals surface area contributed by atoms with Crippen molar-refractivity contribution in [3.8, 4) is 0 Å². The fourth-order valence-corrected chi connectivity index (χ4v) is 4.04. The Morgan fingerprint density at radius 1 is 1.17 bits per heavy atom. The molecule has 1 saturated heterocycles. The number of nitrogens with one attached hydrogen (secondary N) is 2. The van der Waals surface area contributed by atoms with Gasteiger partial charge in [-0.05, 0) is 47.6 Å². The number of benzene rings is 2. The minimum atomic E-state index is -0.0507. The molecule has 1 fully saturated rings. The van der Waals surface area contributed by atoms with Crippen molar-refractivity contribution in [1.29, 1.82) is 0 Å². The molecule has 2 heterocycles. The quantitative estimate of drug-likeness (QED) is 0.679. The van der Waals surface area contributed by atoms with Crippen molar-refractivity contribution in [2.45, 2.75) is 25.7 Å². The third kappa shape index (κ3) is 4.65. The molecule has 0 spiro atoms. The number of aryl methyl sites for hydroxylation is 1. The third-order valence-electron chi connectivity index (χ3n) is 5.64. The summed E-state index contributed by atoms with van der Waals surface area (Å²) in [7, 11) is 0. The molecule has 150 valence electrons. The van der Waals surface area contributed by atoms with Gasteiger partial charge in [0.2, 0.25) is 5.91 Å². The van der Waals surface area contributed by atoms with Gasteiger partial charge in [-0.15, -0.1) is 0 Å². The van der Waals surface area contributed by atoms with Crippen molar-refractivity contribution < 1.29 is 9.59 Å². The van der Waals surface area contributed by atoms with Crippen LogP contribution in [0.15, 0.2) is 54.9 Å². The second-order valence-electron chi connectivity index (χ2n) is 7.69. The van der Waals surface area contributed by atoms with Gasteiger partial charge in [-0.1, -0.05) is 36.4 Å². The van der Waals surface area contributed by atoms with Crippen LogP contribution < -0.4 is 5.32 Å². The summed E-state index contributed by atoms with van der Waals surface area (Å²) in [5.74, 6) is 0.419. The molecular formula is C23H26N4O2. The Labute approximate surface area is 170 Å². The van der Waals surface area contributed by atoms with Crippen LogP contribution in [0.25, 0.3) is 10.8 Å². The summed E-state index contributed by atoms with van der Waals surface area (Å²) < 4.78 is 0. The van der Waals surface area contributed by atoms with Crippen LogP contribution in [0.5, 0.6) is 0 Å². The summed E-state index contributed by atoms with van der Waals surface area (Å²) in [6, 6.07) is 13.7. The monoisotopic (exact) mass is 390 g/mol. The second-order valence-corrected chi connectivity index (χ2v) is 7.69. The summed E-state index contributed by atoms with van der Waals surface area (Å²) >= 11 is 0. The van der Waals surface area contributed by atoms with Crippen LogP contribution in [0.4, 0.5) is 0 Å². The number of likely N-dealkylation sites (tertiary alicyclic amines) is 1. The van der Waals surface area contributed by atoms with E-state index in [4.69, 9.17) is 0 Å². The number of H-pyrrole nitrogens is 1. The maximum Gasteiger partial charge on any atom is 0.251 e. The normalized spacial score (nSPS) is 16.7. The smallest absolute Gasteiger partial charge is 0.251 e. The second kappa shape index (κ2) is 8.90. The van der Waals surface area contributed by atoms with Gasteiger partial charge in [-0.2, -0.15) is 5.10 Å². The number of hydrogen-bond acceptors (Lipinski definition) is 3. The van der Waals surface area contributed by atoms with Crippen molar-refractivity contribution in [3.63, 3.8) is 0 Å². The largest absolute Gasteiger partial charge is 0.352 e. The highest BCUT2D eigenvalue weighted by atomic mass is 16.2. The molecular weight excluding hydrogens is 364 g/mol. The molecule has 1 aliphatic rings. The van der Waals surface area contributed by atoms with Crippen LogP contribution >= 0.6 is 0 Å². The van der Waals surface area contributed by atoms with E-state index in [0.717, 1.165) is 35.7 Å². The highest BCUT2D eigenvalue weighted by Gasteiger charge is 2.24. The Morgan fingerprint density at radius 3 is 2.90 bits per heavy atom. The molecule has 3 aromatic rings. The first-order chi connectivity index (χ1) is 14.2. The van der Waals surface area contributed by atoms with Crippen molar-refractivity contribution in [2.75, 3.05) is 19.6 Å². The molecule has 2 amide bonds. The first-order valence-electron chi connectivity index (χ1n) is 10.2. The average Bonchev–Trinajstić information content (AvgIpc) is 3.29. The number of amides is 2. The van der Waals surface area contributed by atoms with Gasteiger partial charge in [0.25, 0.3) is 5.91 Å². The fourth-order valence-electron chi connectivity index (χ4n) is 4.04. The molecule has 29 heavy (non-hydrogen) atoms. The number of hydrogen-bond donors (Lipinski definition) is 2. The highest BCUT2D eigenvalue weighted by Crippen LogP contribution is 2.20. The van der Waals surface area contributed by atoms with Crippen LogP contribution in [-0.4, -0.2) is 46.5 Å². The van der Waals surface area contributed by atoms with Gasteiger partial charge in [0, 0.05) is 37.8 Å². The number of carbonyl (C=O) groups excluding carboxylic acids is 2. The molecule has 1 unspecified atom stereocenters. The SMILES string of the molecule is O=C(NCC1CCCN(C(=O)CCc2cn[nH]c2)C1)c1cccc2ccccc12. The number of carbonyl (C=O) groups is 2. The summed E-state index contributed by atoms with van der Waals surface area (Å²) in [4.78, 5) is 27.2. The fraction of sp³-hybridized carbons (Fsp3) is 0.348. The number of piperidine rings is 1. The van der Waals surface area contributed by atoms with Crippen molar-refractivity contribution >= 4 is 22.6 Å². The summed E-state index contributed by atoms with van der Waals surface area (Å²) in [5, 5.41) is 11.8. The molecule has 2 N–H and O–H groups in total. The van der Waals surface area contributed by atoms with Gasteiger partial charge in [-0.25, -0.2) is 0 Å². The minimum absolute atomic E-state index is 0.0507. The van der Waals surface area contributed by atoms with E-state index in [0.29, 0.717) is 37.4 Å². The zero-order chi connectivity index (χ0) is 20.1. The Bertz CT molecular complexity index is 978. The third-order valence-corrected chi connectivity index (χ3v) is 5.64. The van der Waals surface area contributed by atoms with Crippen molar-refractivity contribution in [3.05, 3.63) is 66.0 Å². The number of fused-ring (bicyclic) bond motifs is 1. The molecule has 6 nitrogen and oxygen atoms in total. The molecule has 0 bridgehead atoms. The predicted molar refractivity (Wildman–Crippen MR) is 112 cm³/mol. The average molecular weight is 390 g/mol. The standard InChI is InChI=1S/C23H26N4O2/c28-22(11-10-17-14-25-26-15-17)27-12-4-5-18(16-27)13-24-23(29)21-9-3-7-19-6-1-2-8-20(19)21/h1-3,6-9,14-15,18H,4-5,10-13,16H2,(H,24,29)(H,25,26). The number of aromatic amines is 1. The molecule has 1 atom stereocenters. The molecule has 6 heteroatoms. The first-order valence-corrected chi connectivity index (χ1v) is 10.2. The Morgan fingerprint density at radius 2 is 2.03 bits per heavy atom. The van der Waals surface area contributed by atoms with Gasteiger partial charge in [-0.3, -0.25) is 14.7 Å². The van der Waals surface area contributed by atoms with E-state index in [9.17, 15) is 9.59 Å². The lowest BCUT2D eigenvalue weighted by molar-refractivity contribution is -0.132. The van der Waals surface area contributed by atoms with E-state index in [1.54, 1.807) is 6.20 Å². The molecule has 2 aromatic carbocycles. The number of aromatic nitrogens is 2. The topological polar surface area (TPSA) is 78.1 Å². The number of rotatable bonds is 6. The lowest BCUT2D eigenvalue weighted by Crippen LogP contribution is -2.43. The summed E-state index contributed by atoms with van der Waals surface area (Å²) in [5.41, 5.74) is 1.75. The Kier molecular flexibility index (Phi) is 5.89. The lowest BCUT2D eigenvalue weighted by atomic mass is 9.97. The van der Waals surface area contributed by atoms with E-state index in [1.165, 1.54) is 0 Å². The Balaban J connectivity index is 1.31. The molecule has 4 rings (SSSR count). The lowest BCUT2D eigenvalue weighted by Gasteiger charge is -2.33. The predicted octanol–water partition coefficient (Wildman–Crippen LogP) is 3.16. The molecule has 1 aliphatic heterocycles. The molecule has 0 aliphatic carbocycles. The zero-order valence-corrected chi connectivity index (χ0v) is 16.4. The maximum absolute atomic E-state index is 12.8. The molecule has 0 radical (unpaired) electrons. The maximum atomic E-state index is 12.8. The minimum Gasteiger partial charge on any atom is -0.352 e. The van der Waals surface area contributed by atoms with Gasteiger partial charge in [0.1, 0.15) is 0 Å². The zero-order valence-electron chi connectivity index (χ0n) is 16.4. The van der Waals surface area contributed by atoms with Crippen molar-refractivity contribution in [1.82, 2.24) is 20.4 Å². The summed E-state index contributed by atoms with van der Waals surface area (Å²) in [6.07, 6.45) is 6.79. The van der Waals surface area contributed by atoms with Crippen LogP contribution in [0.1, 0.15) is 35.2 Å². The van der Waals surface area contributed by atoms with E-state index in [1.807, 2.05) is 53.6 Å². The summed E-state index contributed by atoms with van der Waals surface area (Å²) in [6.45, 7) is 2.10. The van der Waals surface area contributed by atoms with Crippen LogP contribution in [0.2, 0.25) is 0 Å². The van der Waals surface area contributed by atoms with Gasteiger partial charge >= 0.3 is 0 Å². The van der Waals surface area contributed by atoms with E-state index >= 15 is 0 Å². The first kappa shape index (κ1) is 19.2. The number of nitrogens with zero attached hydrogens (tertiary/aromatic N) is 2. The van der Waals surface area contributed by atoms with Gasteiger partial charge in [0.15, 0.2) is 0 Å². The van der Waals surface area contributed by atoms with Crippen LogP contribution in [0, 0.1) is 5.92 Å². The van der Waals surface area contributed by atoms with Crippen LogP contribution in [-0.2, 0) is 11.2 Å². The van der Waals surface area contributed by atoms with E-state index in [-0.39, 0.29) is 11.8 Å². The highest BCUT2D eigenvalue weighted by molar-refractivity contribution is 6.07.